The summed E-state index contributed by atoms with van der Waals surface area (Å²) in [5.41, 5.74) is 2.19. The van der Waals surface area contributed by atoms with Gasteiger partial charge in [-0.25, -0.2) is 4.79 Å². The monoisotopic (exact) mass is 382 g/mol. The highest BCUT2D eigenvalue weighted by molar-refractivity contribution is 5.76. The number of hydrogen-bond donors (Lipinski definition) is 2. The van der Waals surface area contributed by atoms with Gasteiger partial charge in [0.1, 0.15) is 12.4 Å². The fourth-order valence-corrected chi connectivity index (χ4v) is 3.32. The van der Waals surface area contributed by atoms with E-state index in [1.165, 1.54) is 0 Å². The number of aliphatic carboxylic acids is 1. The summed E-state index contributed by atoms with van der Waals surface area (Å²) in [5, 5.41) is 12.0. The number of ether oxygens (including phenoxy) is 1. The molecule has 0 radical (unpaired) electrons. The maximum absolute atomic E-state index is 12.3. The number of piperidine rings is 1. The Morgan fingerprint density at radius 2 is 1.89 bits per heavy atom. The van der Waals surface area contributed by atoms with Crippen LogP contribution >= 0.6 is 0 Å². The third-order valence-corrected chi connectivity index (χ3v) is 4.89. The summed E-state index contributed by atoms with van der Waals surface area (Å²) in [6.07, 6.45) is 2.05. The number of carboxylic acid groups (broad SMARTS) is 1. The maximum atomic E-state index is 12.3. The molecule has 28 heavy (non-hydrogen) atoms. The molecule has 1 aliphatic heterocycles. The minimum atomic E-state index is -0.829. The van der Waals surface area contributed by atoms with E-state index in [1.807, 2.05) is 54.6 Å². The van der Waals surface area contributed by atoms with Crippen LogP contribution in [0.5, 0.6) is 5.75 Å². The Morgan fingerprint density at radius 3 is 2.68 bits per heavy atom. The highest BCUT2D eigenvalue weighted by Crippen LogP contribution is 2.17. The highest BCUT2D eigenvalue weighted by atomic mass is 16.5. The summed E-state index contributed by atoms with van der Waals surface area (Å²) >= 11 is 0. The molecule has 1 aliphatic rings. The van der Waals surface area contributed by atoms with Gasteiger partial charge < -0.3 is 20.1 Å². The molecule has 2 aromatic rings. The van der Waals surface area contributed by atoms with Crippen molar-refractivity contribution < 1.29 is 19.4 Å². The summed E-state index contributed by atoms with van der Waals surface area (Å²) in [5.74, 6) is -0.490. The highest BCUT2D eigenvalue weighted by Gasteiger charge is 2.27. The summed E-state index contributed by atoms with van der Waals surface area (Å²) in [7, 11) is 0. The van der Waals surface area contributed by atoms with E-state index in [0.29, 0.717) is 32.5 Å². The summed E-state index contributed by atoms with van der Waals surface area (Å²) in [4.78, 5) is 25.0. The van der Waals surface area contributed by atoms with Crippen LogP contribution in [0.3, 0.4) is 0 Å². The van der Waals surface area contributed by atoms with Crippen molar-refractivity contribution in [3.8, 4) is 5.75 Å². The fourth-order valence-electron chi connectivity index (χ4n) is 3.32. The number of hydrogen-bond acceptors (Lipinski definition) is 3. The molecule has 2 amide bonds. The predicted octanol–water partition coefficient (Wildman–Crippen LogP) is 3.31. The van der Waals surface area contributed by atoms with Gasteiger partial charge in [-0.3, -0.25) is 4.79 Å². The number of amides is 2. The van der Waals surface area contributed by atoms with E-state index in [4.69, 9.17) is 9.84 Å². The number of carbonyl (C=O) groups is 2. The van der Waals surface area contributed by atoms with Crippen molar-refractivity contribution >= 4 is 12.0 Å². The van der Waals surface area contributed by atoms with Crippen LogP contribution in [0.15, 0.2) is 54.6 Å². The Hall–Kier alpha value is -3.02. The first-order valence-corrected chi connectivity index (χ1v) is 9.63. The van der Waals surface area contributed by atoms with Gasteiger partial charge in [0.2, 0.25) is 0 Å². The summed E-state index contributed by atoms with van der Waals surface area (Å²) in [6, 6.07) is 17.7. The first-order valence-electron chi connectivity index (χ1n) is 9.63. The summed E-state index contributed by atoms with van der Waals surface area (Å²) in [6.45, 7) is 1.90. The zero-order chi connectivity index (χ0) is 19.8. The van der Waals surface area contributed by atoms with Gasteiger partial charge in [0, 0.05) is 19.6 Å². The third kappa shape index (κ3) is 5.74. The molecule has 0 bridgehead atoms. The van der Waals surface area contributed by atoms with Gasteiger partial charge in [0.05, 0.1) is 5.92 Å². The van der Waals surface area contributed by atoms with Crippen LogP contribution in [-0.2, 0) is 17.8 Å². The van der Waals surface area contributed by atoms with Crippen molar-refractivity contribution in [2.45, 2.75) is 25.9 Å². The standard InChI is InChI=1S/C22H26N2O4/c25-21(26)19-9-5-13-24(15-19)22(27)23-12-11-17-8-4-10-20(14-17)28-16-18-6-2-1-3-7-18/h1-4,6-8,10,14,19H,5,9,11-13,15-16H2,(H,23,27)(H,25,26). The Morgan fingerprint density at radius 1 is 1.11 bits per heavy atom. The van der Waals surface area contributed by atoms with E-state index in [2.05, 4.69) is 5.32 Å². The van der Waals surface area contributed by atoms with Crippen molar-refractivity contribution in [1.29, 1.82) is 0 Å². The van der Waals surface area contributed by atoms with Crippen LogP contribution in [0.2, 0.25) is 0 Å². The molecule has 2 aromatic carbocycles. The van der Waals surface area contributed by atoms with Gasteiger partial charge >= 0.3 is 12.0 Å². The third-order valence-electron chi connectivity index (χ3n) is 4.89. The minimum absolute atomic E-state index is 0.192. The number of nitrogens with one attached hydrogen (secondary N) is 1. The largest absolute Gasteiger partial charge is 0.489 e. The molecule has 1 atom stereocenters. The predicted molar refractivity (Wildman–Crippen MR) is 106 cm³/mol. The number of carbonyl (C=O) groups excluding carboxylic acids is 1. The Kier molecular flexibility index (Phi) is 6.89. The molecule has 0 aromatic heterocycles. The average Bonchev–Trinajstić information content (AvgIpc) is 2.73. The second kappa shape index (κ2) is 9.78. The number of benzene rings is 2. The lowest BCUT2D eigenvalue weighted by Gasteiger charge is -2.30. The molecule has 1 saturated heterocycles. The zero-order valence-corrected chi connectivity index (χ0v) is 15.8. The Labute approximate surface area is 165 Å². The Balaban J connectivity index is 1.44. The van der Waals surface area contributed by atoms with Gasteiger partial charge in [-0.2, -0.15) is 0 Å². The van der Waals surface area contributed by atoms with Crippen LogP contribution in [-0.4, -0.2) is 41.6 Å². The van der Waals surface area contributed by atoms with Gasteiger partial charge in [-0.1, -0.05) is 42.5 Å². The normalized spacial score (nSPS) is 16.4. The topological polar surface area (TPSA) is 78.9 Å². The number of likely N-dealkylation sites (tertiary alicyclic amines) is 1. The number of urea groups is 1. The molecule has 1 heterocycles. The maximum Gasteiger partial charge on any atom is 0.317 e. The molecular formula is C22H26N2O4. The lowest BCUT2D eigenvalue weighted by Crippen LogP contribution is -2.47. The van der Waals surface area contributed by atoms with Crippen LogP contribution in [0, 0.1) is 5.92 Å². The molecule has 0 spiro atoms. The lowest BCUT2D eigenvalue weighted by molar-refractivity contribution is -0.143. The smallest absolute Gasteiger partial charge is 0.317 e. The first-order chi connectivity index (χ1) is 13.6. The van der Waals surface area contributed by atoms with E-state index in [0.717, 1.165) is 23.3 Å². The number of rotatable bonds is 7. The lowest BCUT2D eigenvalue weighted by atomic mass is 9.99. The molecule has 2 N–H and O–H groups in total. The van der Waals surface area contributed by atoms with E-state index in [1.54, 1.807) is 4.90 Å². The van der Waals surface area contributed by atoms with Crippen LogP contribution in [0.4, 0.5) is 4.79 Å². The van der Waals surface area contributed by atoms with Crippen molar-refractivity contribution in [2.75, 3.05) is 19.6 Å². The van der Waals surface area contributed by atoms with E-state index < -0.39 is 11.9 Å². The SMILES string of the molecule is O=C(O)C1CCCN(C(=O)NCCc2cccc(OCc3ccccc3)c2)C1. The summed E-state index contributed by atoms with van der Waals surface area (Å²) < 4.78 is 5.84. The molecular weight excluding hydrogens is 356 g/mol. The molecule has 0 aliphatic carbocycles. The Bertz CT molecular complexity index is 794. The van der Waals surface area contributed by atoms with Crippen molar-refractivity contribution in [1.82, 2.24) is 10.2 Å². The molecule has 3 rings (SSSR count). The zero-order valence-electron chi connectivity index (χ0n) is 15.8. The van der Waals surface area contributed by atoms with Gasteiger partial charge in [0.25, 0.3) is 0 Å². The minimum Gasteiger partial charge on any atom is -0.489 e. The molecule has 0 saturated carbocycles. The second-order valence-electron chi connectivity index (χ2n) is 7.03. The molecule has 6 nitrogen and oxygen atoms in total. The van der Waals surface area contributed by atoms with Gasteiger partial charge in [-0.05, 0) is 42.5 Å². The average molecular weight is 382 g/mol. The van der Waals surface area contributed by atoms with Gasteiger partial charge in [-0.15, -0.1) is 0 Å². The number of carboxylic acids is 1. The van der Waals surface area contributed by atoms with Crippen LogP contribution in [0.1, 0.15) is 24.0 Å². The molecule has 148 valence electrons. The van der Waals surface area contributed by atoms with E-state index in [-0.39, 0.29) is 12.6 Å². The quantitative estimate of drug-likeness (QED) is 0.770. The van der Waals surface area contributed by atoms with Crippen molar-refractivity contribution in [3.05, 3.63) is 65.7 Å². The second-order valence-corrected chi connectivity index (χ2v) is 7.03. The molecule has 6 heteroatoms. The van der Waals surface area contributed by atoms with Crippen LogP contribution in [0.25, 0.3) is 0 Å². The van der Waals surface area contributed by atoms with Gasteiger partial charge in [0.15, 0.2) is 0 Å². The van der Waals surface area contributed by atoms with Crippen molar-refractivity contribution in [2.24, 2.45) is 5.92 Å². The van der Waals surface area contributed by atoms with Crippen LogP contribution < -0.4 is 10.1 Å². The van der Waals surface area contributed by atoms with Crippen molar-refractivity contribution in [3.63, 3.8) is 0 Å². The molecule has 1 unspecified atom stereocenters. The number of nitrogens with zero attached hydrogens (tertiary/aromatic N) is 1. The van der Waals surface area contributed by atoms with E-state index >= 15 is 0 Å². The fraction of sp³-hybridized carbons (Fsp3) is 0.364. The van der Waals surface area contributed by atoms with E-state index in [9.17, 15) is 9.59 Å². The molecule has 1 fully saturated rings. The first kappa shape index (κ1) is 19.7.